The first kappa shape index (κ1) is 16.2. The number of aryl methyl sites for hydroxylation is 3. The molecule has 0 saturated carbocycles. The minimum Gasteiger partial charge on any atom is -0.312 e. The molecule has 1 rings (SSSR count). The molecule has 1 aromatic rings. The van der Waals surface area contributed by atoms with Gasteiger partial charge in [0.15, 0.2) is 0 Å². The number of hydrogen-bond acceptors (Lipinski definition) is 1. The summed E-state index contributed by atoms with van der Waals surface area (Å²) in [5, 5.41) is 3.60. The van der Waals surface area contributed by atoms with E-state index in [9.17, 15) is 0 Å². The minimum atomic E-state index is 0.226. The normalized spacial score (nSPS) is 13.6. The van der Waals surface area contributed by atoms with Gasteiger partial charge in [0.1, 0.15) is 0 Å². The molecule has 0 fully saturated rings. The summed E-state index contributed by atoms with van der Waals surface area (Å²) in [5.74, 6) is 0.722. The van der Waals surface area contributed by atoms with Gasteiger partial charge in [0, 0.05) is 5.54 Å². The van der Waals surface area contributed by atoms with Gasteiger partial charge in [0.05, 0.1) is 0 Å². The van der Waals surface area contributed by atoms with E-state index in [1.54, 1.807) is 5.56 Å². The van der Waals surface area contributed by atoms with Crippen molar-refractivity contribution >= 4 is 0 Å². The highest BCUT2D eigenvalue weighted by molar-refractivity contribution is 5.37. The average Bonchev–Trinajstić information content (AvgIpc) is 2.23. The molecule has 1 heteroatoms. The lowest BCUT2D eigenvalue weighted by Gasteiger charge is -2.23. The zero-order valence-electron chi connectivity index (χ0n) is 13.9. The maximum absolute atomic E-state index is 3.60. The van der Waals surface area contributed by atoms with Crippen LogP contribution in [0.1, 0.15) is 56.4 Å². The van der Waals surface area contributed by atoms with E-state index in [0.29, 0.717) is 0 Å². The fourth-order valence-electron chi connectivity index (χ4n) is 2.58. The lowest BCUT2D eigenvalue weighted by Crippen LogP contribution is -2.38. The maximum Gasteiger partial charge on any atom is 0.00966 e. The van der Waals surface area contributed by atoms with Crippen LogP contribution in [0.4, 0.5) is 0 Å². The second kappa shape index (κ2) is 6.56. The molecule has 108 valence electrons. The van der Waals surface area contributed by atoms with E-state index in [1.165, 1.54) is 29.5 Å². The van der Waals surface area contributed by atoms with E-state index in [-0.39, 0.29) is 5.54 Å². The summed E-state index contributed by atoms with van der Waals surface area (Å²) in [5.41, 5.74) is 6.06. The summed E-state index contributed by atoms with van der Waals surface area (Å²) in [6, 6.07) is 4.61. The lowest BCUT2D eigenvalue weighted by atomic mass is 9.93. The molecule has 0 aliphatic rings. The number of hydrogen-bond donors (Lipinski definition) is 1. The Bertz CT molecular complexity index is 389. The molecule has 0 spiro atoms. The van der Waals surface area contributed by atoms with Crippen LogP contribution in [0.5, 0.6) is 0 Å². The number of nitrogens with one attached hydrogen (secondary N) is 1. The largest absolute Gasteiger partial charge is 0.312 e. The van der Waals surface area contributed by atoms with Crippen molar-refractivity contribution < 1.29 is 0 Å². The van der Waals surface area contributed by atoms with Gasteiger partial charge in [-0.2, -0.15) is 0 Å². The highest BCUT2D eigenvalue weighted by Crippen LogP contribution is 2.20. The average molecular weight is 261 g/mol. The van der Waals surface area contributed by atoms with E-state index in [1.807, 2.05) is 0 Å². The van der Waals surface area contributed by atoms with Gasteiger partial charge in [0.2, 0.25) is 0 Å². The Morgan fingerprint density at radius 2 is 1.58 bits per heavy atom. The molecule has 0 saturated heterocycles. The van der Waals surface area contributed by atoms with Crippen LogP contribution in [0.15, 0.2) is 12.1 Å². The monoisotopic (exact) mass is 261 g/mol. The standard InChI is InChI=1S/C18H31N/c1-13(12-19-18(5,6)7)8-9-17-15(3)10-14(2)11-16(17)4/h10-11,13,19H,8-9,12H2,1-7H3. The Kier molecular flexibility index (Phi) is 5.61. The molecule has 0 aromatic heterocycles. The van der Waals surface area contributed by atoms with Gasteiger partial charge in [-0.15, -0.1) is 0 Å². The van der Waals surface area contributed by atoms with E-state index in [4.69, 9.17) is 0 Å². The minimum absolute atomic E-state index is 0.226. The Balaban J connectivity index is 2.53. The van der Waals surface area contributed by atoms with E-state index in [0.717, 1.165) is 12.5 Å². The zero-order valence-corrected chi connectivity index (χ0v) is 13.9. The summed E-state index contributed by atoms with van der Waals surface area (Å²) >= 11 is 0. The summed E-state index contributed by atoms with van der Waals surface area (Å²) in [6.07, 6.45) is 2.46. The molecule has 1 aromatic carbocycles. The van der Waals surface area contributed by atoms with Crippen LogP contribution >= 0.6 is 0 Å². The highest BCUT2D eigenvalue weighted by atomic mass is 14.9. The molecule has 0 radical (unpaired) electrons. The Morgan fingerprint density at radius 3 is 2.05 bits per heavy atom. The fraction of sp³-hybridized carbons (Fsp3) is 0.667. The second-order valence-corrected chi connectivity index (χ2v) is 7.15. The quantitative estimate of drug-likeness (QED) is 0.819. The van der Waals surface area contributed by atoms with Gasteiger partial charge in [-0.25, -0.2) is 0 Å². The molecule has 1 nitrogen and oxygen atoms in total. The van der Waals surface area contributed by atoms with Crippen LogP contribution in [-0.2, 0) is 6.42 Å². The fourth-order valence-corrected chi connectivity index (χ4v) is 2.58. The predicted octanol–water partition coefficient (Wildman–Crippen LogP) is 4.57. The third kappa shape index (κ3) is 5.78. The van der Waals surface area contributed by atoms with E-state index >= 15 is 0 Å². The Morgan fingerprint density at radius 1 is 1.05 bits per heavy atom. The summed E-state index contributed by atoms with van der Waals surface area (Å²) in [7, 11) is 0. The summed E-state index contributed by atoms with van der Waals surface area (Å²) in [6.45, 7) is 16.8. The topological polar surface area (TPSA) is 12.0 Å². The van der Waals surface area contributed by atoms with Gasteiger partial charge in [-0.3, -0.25) is 0 Å². The molecule has 0 aliphatic heterocycles. The van der Waals surface area contributed by atoms with Gasteiger partial charge < -0.3 is 5.32 Å². The third-order valence-electron chi connectivity index (χ3n) is 3.71. The van der Waals surface area contributed by atoms with Crippen molar-refractivity contribution in [2.24, 2.45) is 5.92 Å². The summed E-state index contributed by atoms with van der Waals surface area (Å²) < 4.78 is 0. The molecule has 1 atom stereocenters. The number of benzene rings is 1. The first-order chi connectivity index (χ1) is 8.69. The second-order valence-electron chi connectivity index (χ2n) is 7.15. The molecule has 0 bridgehead atoms. The Labute approximate surface area is 119 Å². The van der Waals surface area contributed by atoms with Crippen LogP contribution in [0, 0.1) is 26.7 Å². The molecular weight excluding hydrogens is 230 g/mol. The molecule has 0 heterocycles. The van der Waals surface area contributed by atoms with Gasteiger partial charge in [0.25, 0.3) is 0 Å². The predicted molar refractivity (Wildman–Crippen MR) is 85.9 cm³/mol. The van der Waals surface area contributed by atoms with E-state index < -0.39 is 0 Å². The van der Waals surface area contributed by atoms with Crippen LogP contribution in [-0.4, -0.2) is 12.1 Å². The van der Waals surface area contributed by atoms with Gasteiger partial charge in [-0.05, 0) is 83.5 Å². The molecule has 1 unspecified atom stereocenters. The zero-order chi connectivity index (χ0) is 14.6. The van der Waals surface area contributed by atoms with Crippen LogP contribution in [0.2, 0.25) is 0 Å². The summed E-state index contributed by atoms with van der Waals surface area (Å²) in [4.78, 5) is 0. The van der Waals surface area contributed by atoms with Crippen LogP contribution in [0.25, 0.3) is 0 Å². The van der Waals surface area contributed by atoms with Crippen LogP contribution < -0.4 is 5.32 Å². The van der Waals surface area contributed by atoms with Crippen molar-refractivity contribution in [1.82, 2.24) is 5.32 Å². The molecule has 0 aliphatic carbocycles. The highest BCUT2D eigenvalue weighted by Gasteiger charge is 2.12. The molecular formula is C18H31N. The maximum atomic E-state index is 3.60. The lowest BCUT2D eigenvalue weighted by molar-refractivity contribution is 0.372. The van der Waals surface area contributed by atoms with Crippen molar-refractivity contribution in [1.29, 1.82) is 0 Å². The van der Waals surface area contributed by atoms with Crippen molar-refractivity contribution in [3.63, 3.8) is 0 Å². The SMILES string of the molecule is Cc1cc(C)c(CCC(C)CNC(C)(C)C)c(C)c1. The third-order valence-corrected chi connectivity index (χ3v) is 3.71. The van der Waals surface area contributed by atoms with Crippen molar-refractivity contribution in [2.75, 3.05) is 6.54 Å². The van der Waals surface area contributed by atoms with Gasteiger partial charge >= 0.3 is 0 Å². The molecule has 1 N–H and O–H groups in total. The smallest absolute Gasteiger partial charge is 0.00966 e. The number of rotatable bonds is 5. The molecule has 0 amide bonds. The van der Waals surface area contributed by atoms with Crippen LogP contribution in [0.3, 0.4) is 0 Å². The first-order valence-electron chi connectivity index (χ1n) is 7.51. The van der Waals surface area contributed by atoms with Crippen molar-refractivity contribution in [2.45, 2.75) is 66.8 Å². The van der Waals surface area contributed by atoms with E-state index in [2.05, 4.69) is 65.9 Å². The first-order valence-corrected chi connectivity index (χ1v) is 7.51. The van der Waals surface area contributed by atoms with Gasteiger partial charge in [-0.1, -0.05) is 24.6 Å². The molecule has 19 heavy (non-hydrogen) atoms. The Hall–Kier alpha value is -0.820. The van der Waals surface area contributed by atoms with Crippen molar-refractivity contribution in [3.8, 4) is 0 Å². The van der Waals surface area contributed by atoms with Crippen molar-refractivity contribution in [3.05, 3.63) is 34.4 Å².